The van der Waals surface area contributed by atoms with Crippen LogP contribution < -0.4 is 4.74 Å². The normalized spacial score (nSPS) is 11.2. The average molecular weight is 340 g/mol. The predicted molar refractivity (Wildman–Crippen MR) is 80.7 cm³/mol. The summed E-state index contributed by atoms with van der Waals surface area (Å²) in [6.07, 6.45) is -4.75. The van der Waals surface area contributed by atoms with E-state index in [1.54, 1.807) is 24.3 Å². The van der Waals surface area contributed by atoms with Gasteiger partial charge in [0.05, 0.1) is 19.2 Å². The molecule has 1 N–H and O–H groups in total. The number of hydrogen-bond donors (Lipinski definition) is 1. The second-order valence-electron chi connectivity index (χ2n) is 4.92. The molecule has 0 bridgehead atoms. The average Bonchev–Trinajstić information content (AvgIpc) is 2.94. The molecule has 128 valence electrons. The fourth-order valence-electron chi connectivity index (χ4n) is 2.11. The van der Waals surface area contributed by atoms with E-state index in [0.29, 0.717) is 11.3 Å². The minimum atomic E-state index is -4.75. The van der Waals surface area contributed by atoms with Gasteiger partial charge in [-0.25, -0.2) is 5.01 Å². The van der Waals surface area contributed by atoms with Gasteiger partial charge in [0.2, 0.25) is 0 Å². The Bertz CT molecular complexity index is 738. The van der Waals surface area contributed by atoms with Crippen LogP contribution in [0.15, 0.2) is 29.4 Å². The maximum absolute atomic E-state index is 13.0. The monoisotopic (exact) mass is 340 g/mol. The molecule has 0 aliphatic rings. The molecule has 2 rings (SSSR count). The highest BCUT2D eigenvalue weighted by molar-refractivity contribution is 5.96. The van der Waals surface area contributed by atoms with Gasteiger partial charge in [0.15, 0.2) is 5.69 Å². The third-order valence-electron chi connectivity index (χ3n) is 3.33. The third kappa shape index (κ3) is 3.55. The highest BCUT2D eigenvalue weighted by atomic mass is 19.4. The van der Waals surface area contributed by atoms with Gasteiger partial charge in [0, 0.05) is 12.4 Å². The third-order valence-corrected chi connectivity index (χ3v) is 3.33. The molecule has 0 aliphatic carbocycles. The molecule has 1 heterocycles. The molecule has 0 atom stereocenters. The minimum absolute atomic E-state index is 0.00991. The van der Waals surface area contributed by atoms with Crippen molar-refractivity contribution in [1.82, 2.24) is 15.2 Å². The van der Waals surface area contributed by atoms with Crippen LogP contribution in [-0.2, 0) is 12.7 Å². The van der Waals surface area contributed by atoms with Crippen molar-refractivity contribution in [1.29, 1.82) is 0 Å². The van der Waals surface area contributed by atoms with E-state index in [-0.39, 0.29) is 12.2 Å². The Morgan fingerprint density at radius 2 is 2.00 bits per heavy atom. The van der Waals surface area contributed by atoms with Crippen LogP contribution in [0.4, 0.5) is 13.2 Å². The molecule has 24 heavy (non-hydrogen) atoms. The number of hydrazone groups is 1. The Kier molecular flexibility index (Phi) is 4.91. The van der Waals surface area contributed by atoms with Gasteiger partial charge < -0.3 is 4.74 Å². The van der Waals surface area contributed by atoms with E-state index in [1.165, 1.54) is 14.0 Å². The fraction of sp³-hybridized carbons (Fsp3) is 0.267. The number of H-pyrrole nitrogens is 1. The van der Waals surface area contributed by atoms with Crippen LogP contribution in [-0.4, -0.2) is 34.9 Å². The second kappa shape index (κ2) is 6.73. The first-order valence-electron chi connectivity index (χ1n) is 6.81. The lowest BCUT2D eigenvalue weighted by Crippen LogP contribution is -2.27. The van der Waals surface area contributed by atoms with E-state index in [1.807, 2.05) is 0 Å². The largest absolute Gasteiger partial charge is 0.497 e. The number of carbonyl (C=O) groups excluding carboxylic acids is 1. The van der Waals surface area contributed by atoms with Gasteiger partial charge in [-0.2, -0.15) is 23.4 Å². The van der Waals surface area contributed by atoms with Crippen LogP contribution in [0.1, 0.15) is 27.3 Å². The summed E-state index contributed by atoms with van der Waals surface area (Å²) >= 11 is 0. The smallest absolute Gasteiger partial charge is 0.435 e. The molecule has 0 spiro atoms. The van der Waals surface area contributed by atoms with Gasteiger partial charge in [0.1, 0.15) is 5.75 Å². The first-order chi connectivity index (χ1) is 11.3. The molecule has 9 heteroatoms. The zero-order chi connectivity index (χ0) is 17.9. The molecule has 1 aromatic heterocycles. The molecule has 1 aromatic carbocycles. The summed E-state index contributed by atoms with van der Waals surface area (Å²) in [6, 6.07) is 6.70. The summed E-state index contributed by atoms with van der Waals surface area (Å²) in [5.74, 6) is -0.312. The number of carbonyl (C=O) groups is 1. The number of alkyl halides is 3. The Balaban J connectivity index is 2.29. The molecule has 2 aromatic rings. The number of halogens is 3. The van der Waals surface area contributed by atoms with E-state index < -0.39 is 23.3 Å². The summed E-state index contributed by atoms with van der Waals surface area (Å²) in [7, 11) is 1.51. The SMILES string of the molecule is C=NN(Cc1ccc(OC)cc1)C(=O)c1c(C(F)(F)F)n[nH]c1C. The molecule has 0 fully saturated rings. The molecule has 1 amide bonds. The quantitative estimate of drug-likeness (QED) is 0.672. The topological polar surface area (TPSA) is 70.6 Å². The van der Waals surface area contributed by atoms with Crippen molar-refractivity contribution in [3.8, 4) is 5.75 Å². The Morgan fingerprint density at radius 1 is 1.38 bits per heavy atom. The molecule has 0 aliphatic heterocycles. The number of aromatic nitrogens is 2. The van der Waals surface area contributed by atoms with Crippen LogP contribution in [0.2, 0.25) is 0 Å². The van der Waals surface area contributed by atoms with Crippen molar-refractivity contribution < 1.29 is 22.7 Å². The number of hydrogen-bond acceptors (Lipinski definition) is 4. The highest BCUT2D eigenvalue weighted by Crippen LogP contribution is 2.32. The van der Waals surface area contributed by atoms with Crippen molar-refractivity contribution in [3.63, 3.8) is 0 Å². The lowest BCUT2D eigenvalue weighted by atomic mass is 10.1. The van der Waals surface area contributed by atoms with E-state index in [4.69, 9.17) is 4.74 Å². The number of amides is 1. The van der Waals surface area contributed by atoms with E-state index in [2.05, 4.69) is 22.0 Å². The molecule has 0 saturated carbocycles. The van der Waals surface area contributed by atoms with Crippen molar-refractivity contribution >= 4 is 12.6 Å². The molecule has 6 nitrogen and oxygen atoms in total. The zero-order valence-corrected chi connectivity index (χ0v) is 13.0. The van der Waals surface area contributed by atoms with Gasteiger partial charge >= 0.3 is 6.18 Å². The van der Waals surface area contributed by atoms with Gasteiger partial charge in [-0.3, -0.25) is 9.89 Å². The van der Waals surface area contributed by atoms with Crippen molar-refractivity contribution in [2.45, 2.75) is 19.6 Å². The summed E-state index contributed by atoms with van der Waals surface area (Å²) in [6.45, 7) is 4.57. The lowest BCUT2D eigenvalue weighted by Gasteiger charge is -2.17. The maximum atomic E-state index is 13.0. The minimum Gasteiger partial charge on any atom is -0.497 e. The van der Waals surface area contributed by atoms with Gasteiger partial charge in [-0.05, 0) is 24.6 Å². The van der Waals surface area contributed by atoms with Crippen LogP contribution >= 0.6 is 0 Å². The number of aromatic amines is 1. The molecule has 0 saturated heterocycles. The van der Waals surface area contributed by atoms with Crippen molar-refractivity contribution in [3.05, 3.63) is 46.8 Å². The first kappa shape index (κ1) is 17.5. The van der Waals surface area contributed by atoms with Gasteiger partial charge in [-0.1, -0.05) is 12.1 Å². The lowest BCUT2D eigenvalue weighted by molar-refractivity contribution is -0.141. The first-order valence-corrected chi connectivity index (χ1v) is 6.81. The molecule has 0 radical (unpaired) electrons. The summed E-state index contributed by atoms with van der Waals surface area (Å²) in [5, 5.41) is 9.76. The summed E-state index contributed by atoms with van der Waals surface area (Å²) < 4.78 is 44.0. The van der Waals surface area contributed by atoms with E-state index >= 15 is 0 Å². The van der Waals surface area contributed by atoms with E-state index in [9.17, 15) is 18.0 Å². The van der Waals surface area contributed by atoms with Crippen molar-refractivity contribution in [2.24, 2.45) is 5.10 Å². The van der Waals surface area contributed by atoms with Crippen LogP contribution in [0.5, 0.6) is 5.75 Å². The Hall–Kier alpha value is -2.84. The zero-order valence-electron chi connectivity index (χ0n) is 13.0. The Morgan fingerprint density at radius 3 is 2.50 bits per heavy atom. The number of nitrogens with one attached hydrogen (secondary N) is 1. The van der Waals surface area contributed by atoms with Gasteiger partial charge in [0.25, 0.3) is 5.91 Å². The highest BCUT2D eigenvalue weighted by Gasteiger charge is 2.40. The molecule has 0 unspecified atom stereocenters. The number of aryl methyl sites for hydroxylation is 1. The predicted octanol–water partition coefficient (Wildman–Crippen LogP) is 3.00. The summed E-state index contributed by atoms with van der Waals surface area (Å²) in [5.41, 5.74) is -1.17. The molecular formula is C15H15F3N4O2. The summed E-state index contributed by atoms with van der Waals surface area (Å²) in [4.78, 5) is 12.5. The van der Waals surface area contributed by atoms with Crippen LogP contribution in [0.3, 0.4) is 0 Å². The Labute approximate surface area is 135 Å². The number of benzene rings is 1. The van der Waals surface area contributed by atoms with E-state index in [0.717, 1.165) is 5.01 Å². The van der Waals surface area contributed by atoms with Gasteiger partial charge in [-0.15, -0.1) is 0 Å². The van der Waals surface area contributed by atoms with Crippen molar-refractivity contribution in [2.75, 3.05) is 7.11 Å². The number of ether oxygens (including phenoxy) is 1. The van der Waals surface area contributed by atoms with Crippen LogP contribution in [0, 0.1) is 6.92 Å². The number of methoxy groups -OCH3 is 1. The van der Waals surface area contributed by atoms with Crippen LogP contribution in [0.25, 0.3) is 0 Å². The number of nitrogens with zero attached hydrogens (tertiary/aromatic N) is 3. The number of rotatable bonds is 5. The standard InChI is InChI=1S/C15H15F3N4O2/c1-9-12(13(21-20-9)15(16,17)18)14(23)22(19-2)8-10-4-6-11(24-3)7-5-10/h4-7H,2,8H2,1,3H3,(H,20,21). The fourth-order valence-corrected chi connectivity index (χ4v) is 2.11. The second-order valence-corrected chi connectivity index (χ2v) is 4.92. The molecular weight excluding hydrogens is 325 g/mol. The maximum Gasteiger partial charge on any atom is 0.435 e.